The van der Waals surface area contributed by atoms with Crippen molar-refractivity contribution >= 4 is 35.0 Å². The van der Waals surface area contributed by atoms with Crippen LogP contribution in [0.25, 0.3) is 0 Å². The van der Waals surface area contributed by atoms with Crippen LogP contribution in [0.15, 0.2) is 77.7 Å². The highest BCUT2D eigenvalue weighted by atomic mass is 35.5. The molecule has 0 spiro atoms. The summed E-state index contributed by atoms with van der Waals surface area (Å²) in [6.07, 6.45) is -0.660. The summed E-state index contributed by atoms with van der Waals surface area (Å²) in [5.41, 5.74) is 3.02. The van der Waals surface area contributed by atoms with Crippen molar-refractivity contribution in [3.8, 4) is 5.75 Å². The monoisotopic (exact) mass is 411 g/mol. The molecule has 3 aromatic rings. The molecule has 3 rings (SSSR count). The predicted octanol–water partition coefficient (Wildman–Crippen LogP) is 6.35. The van der Waals surface area contributed by atoms with E-state index in [1.807, 2.05) is 49.4 Å². The summed E-state index contributed by atoms with van der Waals surface area (Å²) < 4.78 is 5.68. The van der Waals surface area contributed by atoms with Gasteiger partial charge in [-0.2, -0.15) is 0 Å². The molecule has 1 amide bonds. The molecule has 0 aromatic heterocycles. The van der Waals surface area contributed by atoms with E-state index in [1.54, 1.807) is 30.8 Å². The number of rotatable bonds is 7. The minimum Gasteiger partial charge on any atom is -0.479 e. The first-order chi connectivity index (χ1) is 13.5. The molecule has 0 fully saturated rings. The van der Waals surface area contributed by atoms with Gasteiger partial charge in [-0.25, -0.2) is 0 Å². The van der Waals surface area contributed by atoms with Crippen LogP contribution in [0.1, 0.15) is 18.1 Å². The fourth-order valence-electron chi connectivity index (χ4n) is 2.66. The zero-order valence-electron chi connectivity index (χ0n) is 15.8. The van der Waals surface area contributed by atoms with E-state index in [0.29, 0.717) is 10.8 Å². The third-order valence-corrected chi connectivity index (χ3v) is 5.60. The van der Waals surface area contributed by atoms with E-state index in [2.05, 4.69) is 23.5 Å². The number of amides is 1. The molecule has 0 bridgehead atoms. The molecule has 0 aliphatic carbocycles. The Morgan fingerprint density at radius 3 is 2.50 bits per heavy atom. The maximum absolute atomic E-state index is 12.5. The topological polar surface area (TPSA) is 38.3 Å². The number of para-hydroxylation sites is 1. The molecule has 0 heterocycles. The second-order valence-corrected chi connectivity index (χ2v) is 7.89. The molecule has 0 aliphatic heterocycles. The first-order valence-corrected chi connectivity index (χ1v) is 10.4. The Hall–Kier alpha value is -2.43. The van der Waals surface area contributed by atoms with Gasteiger partial charge < -0.3 is 10.1 Å². The number of thioether (sulfide) groups is 1. The largest absolute Gasteiger partial charge is 0.479 e. The summed E-state index contributed by atoms with van der Waals surface area (Å²) in [5.74, 6) is 1.16. The standard InChI is InChI=1S/C23H22ClNO2S/c1-16-14-18(15-28-19-8-4-3-5-9-19)12-13-21(16)25-23(26)17(2)27-22-11-7-6-10-20(22)24/h3-14,17H,15H2,1-2H3,(H,25,26). The number of hydrogen-bond acceptors (Lipinski definition) is 3. The molecule has 0 radical (unpaired) electrons. The van der Waals surface area contributed by atoms with E-state index in [1.165, 1.54) is 10.5 Å². The van der Waals surface area contributed by atoms with Crippen LogP contribution < -0.4 is 10.1 Å². The van der Waals surface area contributed by atoms with Crippen molar-refractivity contribution in [2.75, 3.05) is 5.32 Å². The van der Waals surface area contributed by atoms with Crippen LogP contribution in [0.4, 0.5) is 5.69 Å². The Kier molecular flexibility index (Phi) is 7.01. The van der Waals surface area contributed by atoms with Gasteiger partial charge in [0.2, 0.25) is 0 Å². The summed E-state index contributed by atoms with van der Waals surface area (Å²) in [5, 5.41) is 3.42. The second-order valence-electron chi connectivity index (χ2n) is 6.43. The lowest BCUT2D eigenvalue weighted by molar-refractivity contribution is -0.122. The minimum atomic E-state index is -0.660. The zero-order chi connectivity index (χ0) is 19.9. The quantitative estimate of drug-likeness (QED) is 0.460. The van der Waals surface area contributed by atoms with Gasteiger partial charge in [-0.05, 0) is 55.3 Å². The van der Waals surface area contributed by atoms with Gasteiger partial charge in [0, 0.05) is 16.3 Å². The fourth-order valence-corrected chi connectivity index (χ4v) is 3.70. The maximum atomic E-state index is 12.5. The number of carbonyl (C=O) groups is 1. The van der Waals surface area contributed by atoms with Gasteiger partial charge in [-0.15, -0.1) is 11.8 Å². The van der Waals surface area contributed by atoms with Crippen molar-refractivity contribution < 1.29 is 9.53 Å². The molecule has 3 nitrogen and oxygen atoms in total. The summed E-state index contributed by atoms with van der Waals surface area (Å²) in [6, 6.07) is 23.5. The maximum Gasteiger partial charge on any atom is 0.265 e. The molecule has 0 saturated heterocycles. The van der Waals surface area contributed by atoms with Gasteiger partial charge in [-0.1, -0.05) is 54.1 Å². The first kappa shape index (κ1) is 20.3. The van der Waals surface area contributed by atoms with Gasteiger partial charge in [0.05, 0.1) is 5.02 Å². The van der Waals surface area contributed by atoms with Crippen molar-refractivity contribution in [2.45, 2.75) is 30.6 Å². The third kappa shape index (κ3) is 5.54. The van der Waals surface area contributed by atoms with Crippen molar-refractivity contribution in [2.24, 2.45) is 0 Å². The molecule has 144 valence electrons. The van der Waals surface area contributed by atoms with E-state index in [4.69, 9.17) is 16.3 Å². The molecule has 1 unspecified atom stereocenters. The summed E-state index contributed by atoms with van der Waals surface area (Å²) in [4.78, 5) is 13.7. The number of halogens is 1. The average molecular weight is 412 g/mol. The molecule has 5 heteroatoms. The van der Waals surface area contributed by atoms with E-state index in [-0.39, 0.29) is 5.91 Å². The van der Waals surface area contributed by atoms with E-state index >= 15 is 0 Å². The molecule has 0 aliphatic rings. The molecular formula is C23H22ClNO2S. The SMILES string of the molecule is Cc1cc(CSc2ccccc2)ccc1NC(=O)C(C)Oc1ccccc1Cl. The molecule has 28 heavy (non-hydrogen) atoms. The lowest BCUT2D eigenvalue weighted by Gasteiger charge is -2.17. The minimum absolute atomic E-state index is 0.213. The number of anilines is 1. The van der Waals surface area contributed by atoms with Crippen LogP contribution in [0.3, 0.4) is 0 Å². The Morgan fingerprint density at radius 1 is 1.07 bits per heavy atom. The van der Waals surface area contributed by atoms with Gasteiger partial charge in [0.15, 0.2) is 6.10 Å². The van der Waals surface area contributed by atoms with Crippen molar-refractivity contribution in [1.29, 1.82) is 0 Å². The first-order valence-electron chi connectivity index (χ1n) is 9.02. The Morgan fingerprint density at radius 2 is 1.79 bits per heavy atom. The van der Waals surface area contributed by atoms with Crippen LogP contribution >= 0.6 is 23.4 Å². The summed E-state index contributed by atoms with van der Waals surface area (Å²) in [7, 11) is 0. The Bertz CT molecular complexity index is 946. The van der Waals surface area contributed by atoms with Crippen LogP contribution in [0.2, 0.25) is 5.02 Å². The van der Waals surface area contributed by atoms with Crippen LogP contribution in [-0.2, 0) is 10.5 Å². The Balaban J connectivity index is 1.59. The number of carbonyl (C=O) groups excluding carboxylic acids is 1. The number of ether oxygens (including phenoxy) is 1. The fraction of sp³-hybridized carbons (Fsp3) is 0.174. The van der Waals surface area contributed by atoms with E-state index in [0.717, 1.165) is 17.0 Å². The zero-order valence-corrected chi connectivity index (χ0v) is 17.4. The molecule has 1 atom stereocenters. The number of aryl methyl sites for hydroxylation is 1. The summed E-state index contributed by atoms with van der Waals surface area (Å²) >= 11 is 7.88. The molecule has 3 aromatic carbocycles. The highest BCUT2D eigenvalue weighted by molar-refractivity contribution is 7.98. The Labute approximate surface area is 175 Å². The average Bonchev–Trinajstić information content (AvgIpc) is 2.70. The molecular weight excluding hydrogens is 390 g/mol. The summed E-state index contributed by atoms with van der Waals surface area (Å²) in [6.45, 7) is 3.70. The van der Waals surface area contributed by atoms with E-state index in [9.17, 15) is 4.79 Å². The second kappa shape index (κ2) is 9.67. The van der Waals surface area contributed by atoms with E-state index < -0.39 is 6.10 Å². The van der Waals surface area contributed by atoms with Gasteiger partial charge >= 0.3 is 0 Å². The van der Waals surface area contributed by atoms with Crippen molar-refractivity contribution in [1.82, 2.24) is 0 Å². The number of benzene rings is 3. The number of hydrogen-bond donors (Lipinski definition) is 1. The van der Waals surface area contributed by atoms with Crippen LogP contribution in [-0.4, -0.2) is 12.0 Å². The highest BCUT2D eigenvalue weighted by Gasteiger charge is 2.17. The lowest BCUT2D eigenvalue weighted by Crippen LogP contribution is -2.30. The predicted molar refractivity (Wildman–Crippen MR) is 117 cm³/mol. The van der Waals surface area contributed by atoms with Gasteiger partial charge in [-0.3, -0.25) is 4.79 Å². The highest BCUT2D eigenvalue weighted by Crippen LogP contribution is 2.26. The van der Waals surface area contributed by atoms with Crippen LogP contribution in [0, 0.1) is 6.92 Å². The third-order valence-electron chi connectivity index (χ3n) is 4.21. The van der Waals surface area contributed by atoms with Gasteiger partial charge in [0.25, 0.3) is 5.91 Å². The van der Waals surface area contributed by atoms with Crippen molar-refractivity contribution in [3.63, 3.8) is 0 Å². The number of nitrogens with one attached hydrogen (secondary N) is 1. The van der Waals surface area contributed by atoms with Crippen LogP contribution in [0.5, 0.6) is 5.75 Å². The lowest BCUT2D eigenvalue weighted by atomic mass is 10.1. The molecule has 0 saturated carbocycles. The normalized spacial score (nSPS) is 11.7. The smallest absolute Gasteiger partial charge is 0.265 e. The van der Waals surface area contributed by atoms with Crippen molar-refractivity contribution in [3.05, 3.63) is 88.9 Å². The van der Waals surface area contributed by atoms with Gasteiger partial charge in [0.1, 0.15) is 5.75 Å². The molecule has 1 N–H and O–H groups in total.